The van der Waals surface area contributed by atoms with E-state index in [4.69, 9.17) is 16.0 Å². The maximum atomic E-state index is 12.0. The normalized spacial score (nSPS) is 13.7. The number of rotatable bonds is 7. The third-order valence-electron chi connectivity index (χ3n) is 3.99. The van der Waals surface area contributed by atoms with Crippen molar-refractivity contribution in [2.75, 3.05) is 5.75 Å². The fourth-order valence-electron chi connectivity index (χ4n) is 2.54. The van der Waals surface area contributed by atoms with Crippen LogP contribution in [-0.2, 0) is 11.3 Å². The van der Waals surface area contributed by atoms with Crippen molar-refractivity contribution in [3.05, 3.63) is 53.4 Å². The molecule has 2 aromatic heterocycles. The van der Waals surface area contributed by atoms with Gasteiger partial charge in [-0.25, -0.2) is 0 Å². The number of hydrogen-bond donors (Lipinski definition) is 1. The number of halogens is 1. The number of nitrogens with one attached hydrogen (secondary N) is 1. The van der Waals surface area contributed by atoms with Crippen molar-refractivity contribution < 1.29 is 9.21 Å². The van der Waals surface area contributed by atoms with Gasteiger partial charge in [0.15, 0.2) is 11.0 Å². The summed E-state index contributed by atoms with van der Waals surface area (Å²) in [6.45, 7) is 0.491. The van der Waals surface area contributed by atoms with Gasteiger partial charge in [0.1, 0.15) is 5.76 Å². The Morgan fingerprint density at radius 2 is 2.08 bits per heavy atom. The Kier molecular flexibility index (Phi) is 4.99. The number of aromatic nitrogens is 3. The number of furan rings is 1. The fourth-order valence-corrected chi connectivity index (χ4v) is 3.41. The second-order valence-corrected chi connectivity index (χ2v) is 7.49. The number of hydrogen-bond acceptors (Lipinski definition) is 5. The van der Waals surface area contributed by atoms with Crippen LogP contribution < -0.4 is 5.32 Å². The van der Waals surface area contributed by atoms with Crippen LogP contribution in [0, 0.1) is 0 Å². The van der Waals surface area contributed by atoms with Gasteiger partial charge in [-0.15, -0.1) is 10.2 Å². The number of benzene rings is 1. The molecule has 0 atom stereocenters. The maximum Gasteiger partial charge on any atom is 0.230 e. The van der Waals surface area contributed by atoms with Crippen molar-refractivity contribution in [2.45, 2.75) is 30.6 Å². The van der Waals surface area contributed by atoms with Gasteiger partial charge in [-0.05, 0) is 49.2 Å². The highest BCUT2D eigenvalue weighted by Crippen LogP contribution is 2.26. The van der Waals surface area contributed by atoms with E-state index in [9.17, 15) is 4.79 Å². The minimum Gasteiger partial charge on any atom is -0.467 e. The third kappa shape index (κ3) is 4.11. The van der Waals surface area contributed by atoms with Crippen molar-refractivity contribution in [1.82, 2.24) is 20.1 Å². The van der Waals surface area contributed by atoms with E-state index in [2.05, 4.69) is 15.5 Å². The lowest BCUT2D eigenvalue weighted by Gasteiger charge is -2.09. The van der Waals surface area contributed by atoms with Crippen LogP contribution in [0.3, 0.4) is 0 Å². The summed E-state index contributed by atoms with van der Waals surface area (Å²) >= 11 is 7.36. The number of carbonyl (C=O) groups excluding carboxylic acids is 1. The summed E-state index contributed by atoms with van der Waals surface area (Å²) in [5.74, 6) is 1.85. The van der Waals surface area contributed by atoms with Crippen molar-refractivity contribution in [3.63, 3.8) is 0 Å². The largest absolute Gasteiger partial charge is 0.467 e. The Morgan fingerprint density at radius 1 is 1.27 bits per heavy atom. The maximum absolute atomic E-state index is 12.0. The summed E-state index contributed by atoms with van der Waals surface area (Å²) in [6, 6.07) is 11.5. The zero-order chi connectivity index (χ0) is 17.9. The Morgan fingerprint density at radius 3 is 2.77 bits per heavy atom. The zero-order valence-electron chi connectivity index (χ0n) is 13.9. The van der Waals surface area contributed by atoms with Gasteiger partial charge in [-0.3, -0.25) is 9.36 Å². The van der Waals surface area contributed by atoms with Gasteiger partial charge in [-0.1, -0.05) is 23.4 Å². The van der Waals surface area contributed by atoms with E-state index in [1.807, 2.05) is 41.0 Å². The van der Waals surface area contributed by atoms with Gasteiger partial charge in [0, 0.05) is 16.6 Å². The molecule has 0 saturated heterocycles. The molecular weight excluding hydrogens is 372 g/mol. The zero-order valence-corrected chi connectivity index (χ0v) is 15.5. The molecule has 0 unspecified atom stereocenters. The lowest BCUT2D eigenvalue weighted by atomic mass is 10.2. The van der Waals surface area contributed by atoms with E-state index in [0.29, 0.717) is 34.3 Å². The highest BCUT2D eigenvalue weighted by molar-refractivity contribution is 7.99. The van der Waals surface area contributed by atoms with Crippen molar-refractivity contribution >= 4 is 29.3 Å². The minimum absolute atomic E-state index is 0.0260. The van der Waals surface area contributed by atoms with Gasteiger partial charge in [0.2, 0.25) is 5.91 Å². The average molecular weight is 389 g/mol. The molecular formula is C18H17ClN4O2S. The summed E-state index contributed by atoms with van der Waals surface area (Å²) in [5.41, 5.74) is 0.905. The summed E-state index contributed by atoms with van der Waals surface area (Å²) in [4.78, 5) is 12.0. The van der Waals surface area contributed by atoms with Gasteiger partial charge >= 0.3 is 0 Å². The third-order valence-corrected chi connectivity index (χ3v) is 5.21. The lowest BCUT2D eigenvalue weighted by molar-refractivity contribution is -0.118. The molecule has 0 radical (unpaired) electrons. The van der Waals surface area contributed by atoms with E-state index in [-0.39, 0.29) is 5.91 Å². The number of carbonyl (C=O) groups is 1. The van der Waals surface area contributed by atoms with E-state index in [1.165, 1.54) is 11.8 Å². The van der Waals surface area contributed by atoms with Crippen LogP contribution in [0.15, 0.2) is 52.2 Å². The molecule has 6 nitrogen and oxygen atoms in total. The molecule has 1 saturated carbocycles. The molecule has 1 N–H and O–H groups in total. The van der Waals surface area contributed by atoms with Gasteiger partial charge in [-0.2, -0.15) is 0 Å². The monoisotopic (exact) mass is 388 g/mol. The average Bonchev–Trinajstić information content (AvgIpc) is 3.14. The summed E-state index contributed by atoms with van der Waals surface area (Å²) in [5, 5.41) is 12.9. The fraction of sp³-hybridized carbons (Fsp3) is 0.278. The molecule has 1 amide bonds. The molecule has 1 fully saturated rings. The van der Waals surface area contributed by atoms with Crippen LogP contribution in [-0.4, -0.2) is 32.5 Å². The first kappa shape index (κ1) is 17.2. The lowest BCUT2D eigenvalue weighted by Crippen LogP contribution is -2.27. The smallest absolute Gasteiger partial charge is 0.230 e. The van der Waals surface area contributed by atoms with E-state index >= 15 is 0 Å². The van der Waals surface area contributed by atoms with Crippen LogP contribution in [0.1, 0.15) is 18.6 Å². The van der Waals surface area contributed by atoms with Crippen LogP contribution >= 0.6 is 23.4 Å². The van der Waals surface area contributed by atoms with E-state index in [1.54, 1.807) is 6.26 Å². The highest BCUT2D eigenvalue weighted by atomic mass is 35.5. The molecule has 3 aromatic rings. The predicted octanol–water partition coefficient (Wildman–Crippen LogP) is 3.61. The molecule has 1 aliphatic carbocycles. The Balaban J connectivity index is 1.57. The van der Waals surface area contributed by atoms with Gasteiger partial charge < -0.3 is 9.73 Å². The van der Waals surface area contributed by atoms with E-state index < -0.39 is 0 Å². The quantitative estimate of drug-likeness (QED) is 0.626. The molecule has 8 heteroatoms. The molecule has 26 heavy (non-hydrogen) atoms. The van der Waals surface area contributed by atoms with Crippen molar-refractivity contribution in [1.29, 1.82) is 0 Å². The van der Waals surface area contributed by atoms with E-state index in [0.717, 1.165) is 24.2 Å². The molecule has 0 aliphatic heterocycles. The molecule has 1 aliphatic rings. The molecule has 0 spiro atoms. The number of amides is 1. The molecule has 0 bridgehead atoms. The molecule has 2 heterocycles. The van der Waals surface area contributed by atoms with Crippen LogP contribution in [0.4, 0.5) is 0 Å². The van der Waals surface area contributed by atoms with Gasteiger partial charge in [0.05, 0.1) is 18.6 Å². The van der Waals surface area contributed by atoms with Crippen LogP contribution in [0.25, 0.3) is 11.4 Å². The summed E-state index contributed by atoms with van der Waals surface area (Å²) < 4.78 is 7.43. The predicted molar refractivity (Wildman–Crippen MR) is 100 cm³/mol. The van der Waals surface area contributed by atoms with Crippen molar-refractivity contribution in [3.8, 4) is 11.4 Å². The first-order valence-corrected chi connectivity index (χ1v) is 9.69. The first-order valence-electron chi connectivity index (χ1n) is 8.33. The Bertz CT molecular complexity index is 889. The molecule has 4 rings (SSSR count). The standard InChI is InChI=1S/C18H17ClN4O2S/c19-13-5-3-12(4-6-13)17-21-22-18(23(17)10-15-2-1-9-25-15)26-11-16(24)20-14-7-8-14/h1-6,9,14H,7-8,10-11H2,(H,20,24). The second-order valence-electron chi connectivity index (χ2n) is 6.11. The first-order chi connectivity index (χ1) is 12.7. The van der Waals surface area contributed by atoms with Crippen LogP contribution in [0.5, 0.6) is 0 Å². The van der Waals surface area contributed by atoms with Crippen LogP contribution in [0.2, 0.25) is 5.02 Å². The number of nitrogens with zero attached hydrogens (tertiary/aromatic N) is 3. The van der Waals surface area contributed by atoms with Crippen molar-refractivity contribution in [2.24, 2.45) is 0 Å². The second kappa shape index (κ2) is 7.55. The Labute approximate surface area is 159 Å². The summed E-state index contributed by atoms with van der Waals surface area (Å²) in [6.07, 6.45) is 3.79. The SMILES string of the molecule is O=C(CSc1nnc(-c2ccc(Cl)cc2)n1Cc1ccco1)NC1CC1. The number of thioether (sulfide) groups is 1. The topological polar surface area (TPSA) is 73.0 Å². The summed E-state index contributed by atoms with van der Waals surface area (Å²) in [7, 11) is 0. The molecule has 134 valence electrons. The molecule has 1 aromatic carbocycles. The highest BCUT2D eigenvalue weighted by Gasteiger charge is 2.24. The minimum atomic E-state index is 0.0260. The Hall–Kier alpha value is -2.25. The van der Waals surface area contributed by atoms with Gasteiger partial charge in [0.25, 0.3) is 0 Å².